The number of rotatable bonds is 3. The summed E-state index contributed by atoms with van der Waals surface area (Å²) in [6, 6.07) is 3.24. The number of methoxy groups -OCH3 is 1. The quantitative estimate of drug-likeness (QED) is 0.867. The number of carbonyl (C=O) groups is 1. The fraction of sp³-hybridized carbons (Fsp3) is 0.0909. The Morgan fingerprint density at radius 2 is 2.17 bits per heavy atom. The molecular formula is C11H8FNO5. The van der Waals surface area contributed by atoms with Crippen molar-refractivity contribution in [2.45, 2.75) is 0 Å². The third-order valence-corrected chi connectivity index (χ3v) is 2.25. The molecule has 0 saturated heterocycles. The number of carboxylic acid groups (broad SMARTS) is 1. The summed E-state index contributed by atoms with van der Waals surface area (Å²) in [5.74, 6) is -2.59. The van der Waals surface area contributed by atoms with Crippen LogP contribution >= 0.6 is 0 Å². The standard InChI is InChI=1S/C11H8FNO5/c1-17-5-2-6(12)10(8(14)3-5)9-4-7(11(15)16)13-18-9/h2-4,14H,1H3,(H,15,16). The third-order valence-electron chi connectivity index (χ3n) is 2.25. The molecule has 0 amide bonds. The molecule has 2 rings (SSSR count). The highest BCUT2D eigenvalue weighted by Gasteiger charge is 2.19. The molecule has 0 spiro atoms. The van der Waals surface area contributed by atoms with Crippen molar-refractivity contribution in [3.05, 3.63) is 29.7 Å². The second-order valence-electron chi connectivity index (χ2n) is 3.38. The van der Waals surface area contributed by atoms with E-state index >= 15 is 0 Å². The third kappa shape index (κ3) is 1.97. The van der Waals surface area contributed by atoms with Crippen LogP contribution in [0.4, 0.5) is 4.39 Å². The van der Waals surface area contributed by atoms with Gasteiger partial charge in [-0.25, -0.2) is 9.18 Å². The molecule has 6 nitrogen and oxygen atoms in total. The number of aromatic hydroxyl groups is 1. The van der Waals surface area contributed by atoms with E-state index in [0.29, 0.717) is 0 Å². The van der Waals surface area contributed by atoms with Crippen molar-refractivity contribution in [2.75, 3.05) is 7.11 Å². The highest BCUT2D eigenvalue weighted by atomic mass is 19.1. The number of aromatic carboxylic acids is 1. The molecule has 1 aromatic carbocycles. The molecule has 7 heteroatoms. The summed E-state index contributed by atoms with van der Waals surface area (Å²) in [4.78, 5) is 10.6. The van der Waals surface area contributed by atoms with Gasteiger partial charge in [0.2, 0.25) is 0 Å². The van der Waals surface area contributed by atoms with Crippen molar-refractivity contribution in [3.63, 3.8) is 0 Å². The van der Waals surface area contributed by atoms with Crippen LogP contribution in [0.25, 0.3) is 11.3 Å². The first kappa shape index (κ1) is 11.9. The van der Waals surface area contributed by atoms with Crippen LogP contribution < -0.4 is 4.74 Å². The predicted octanol–water partition coefficient (Wildman–Crippen LogP) is 1.89. The SMILES string of the molecule is COc1cc(O)c(-c2cc(C(=O)O)no2)c(F)c1. The lowest BCUT2D eigenvalue weighted by Gasteiger charge is -2.05. The van der Waals surface area contributed by atoms with Crippen molar-refractivity contribution in [2.24, 2.45) is 0 Å². The summed E-state index contributed by atoms with van der Waals surface area (Å²) >= 11 is 0. The van der Waals surface area contributed by atoms with E-state index in [0.717, 1.165) is 12.1 Å². The van der Waals surface area contributed by atoms with Crippen molar-refractivity contribution in [1.82, 2.24) is 5.16 Å². The predicted molar refractivity (Wildman–Crippen MR) is 57.1 cm³/mol. The van der Waals surface area contributed by atoms with E-state index in [9.17, 15) is 14.3 Å². The summed E-state index contributed by atoms with van der Waals surface area (Å²) in [6.45, 7) is 0. The Morgan fingerprint density at radius 1 is 1.44 bits per heavy atom. The molecule has 0 bridgehead atoms. The minimum absolute atomic E-state index is 0.131. The Bertz CT molecular complexity index is 584. The summed E-state index contributed by atoms with van der Waals surface area (Å²) in [6.07, 6.45) is 0. The molecule has 1 aromatic heterocycles. The molecule has 0 atom stereocenters. The molecule has 0 saturated carbocycles. The van der Waals surface area contributed by atoms with E-state index in [1.54, 1.807) is 0 Å². The van der Waals surface area contributed by atoms with Gasteiger partial charge in [-0.3, -0.25) is 0 Å². The molecule has 0 fully saturated rings. The maximum Gasteiger partial charge on any atom is 0.358 e. The van der Waals surface area contributed by atoms with Crippen LogP contribution in [0, 0.1) is 5.82 Å². The van der Waals surface area contributed by atoms with Gasteiger partial charge in [-0.15, -0.1) is 0 Å². The van der Waals surface area contributed by atoms with Crippen molar-refractivity contribution in [3.8, 4) is 22.8 Å². The number of halogens is 1. The van der Waals surface area contributed by atoms with Crippen LogP contribution in [0.3, 0.4) is 0 Å². The number of phenols is 1. The lowest BCUT2D eigenvalue weighted by molar-refractivity contribution is 0.0686. The lowest BCUT2D eigenvalue weighted by Crippen LogP contribution is -1.94. The van der Waals surface area contributed by atoms with E-state index in [2.05, 4.69) is 9.68 Å². The molecule has 94 valence electrons. The van der Waals surface area contributed by atoms with Gasteiger partial charge in [0.05, 0.1) is 12.7 Å². The lowest BCUT2D eigenvalue weighted by atomic mass is 10.1. The van der Waals surface area contributed by atoms with Crippen molar-refractivity contribution >= 4 is 5.97 Å². The van der Waals surface area contributed by atoms with Crippen LogP contribution in [0.15, 0.2) is 22.7 Å². The van der Waals surface area contributed by atoms with Gasteiger partial charge in [0.1, 0.15) is 17.3 Å². The number of hydrogen-bond acceptors (Lipinski definition) is 5. The summed E-state index contributed by atoms with van der Waals surface area (Å²) in [7, 11) is 1.32. The maximum absolute atomic E-state index is 13.7. The first-order valence-corrected chi connectivity index (χ1v) is 4.80. The molecule has 2 aromatic rings. The van der Waals surface area contributed by atoms with Crippen molar-refractivity contribution in [1.29, 1.82) is 0 Å². The van der Waals surface area contributed by atoms with Crippen LogP contribution in [-0.4, -0.2) is 28.4 Å². The molecule has 0 aliphatic carbocycles. The first-order valence-electron chi connectivity index (χ1n) is 4.80. The van der Waals surface area contributed by atoms with Gasteiger partial charge in [-0.2, -0.15) is 0 Å². The zero-order chi connectivity index (χ0) is 13.3. The van der Waals surface area contributed by atoms with E-state index in [1.165, 1.54) is 13.2 Å². The molecule has 0 radical (unpaired) electrons. The van der Waals surface area contributed by atoms with Crippen molar-refractivity contribution < 1.29 is 28.7 Å². The zero-order valence-corrected chi connectivity index (χ0v) is 9.18. The van der Waals surface area contributed by atoms with Gasteiger partial charge in [-0.1, -0.05) is 5.16 Å². The Balaban J connectivity index is 2.53. The van der Waals surface area contributed by atoms with Gasteiger partial charge in [0.15, 0.2) is 11.5 Å². The molecular weight excluding hydrogens is 245 g/mol. The highest BCUT2D eigenvalue weighted by molar-refractivity contribution is 5.86. The van der Waals surface area contributed by atoms with Crippen LogP contribution in [0.5, 0.6) is 11.5 Å². The smallest absolute Gasteiger partial charge is 0.358 e. The number of hydrogen-bond donors (Lipinski definition) is 2. The Hall–Kier alpha value is -2.57. The molecule has 18 heavy (non-hydrogen) atoms. The molecule has 0 unspecified atom stereocenters. The van der Waals surface area contributed by atoms with Crippen LogP contribution in [-0.2, 0) is 0 Å². The number of phenolic OH excluding ortho intramolecular Hbond substituents is 1. The number of aromatic nitrogens is 1. The van der Waals surface area contributed by atoms with Gasteiger partial charge in [0.25, 0.3) is 0 Å². The van der Waals surface area contributed by atoms with Crippen LogP contribution in [0.2, 0.25) is 0 Å². The summed E-state index contributed by atoms with van der Waals surface area (Å²) in [5.41, 5.74) is -0.643. The first-order chi connectivity index (χ1) is 8.52. The summed E-state index contributed by atoms with van der Waals surface area (Å²) in [5, 5.41) is 21.5. The second-order valence-corrected chi connectivity index (χ2v) is 3.38. The van der Waals surface area contributed by atoms with Gasteiger partial charge < -0.3 is 19.5 Å². The molecule has 2 N–H and O–H groups in total. The average Bonchev–Trinajstić information content (AvgIpc) is 2.77. The minimum Gasteiger partial charge on any atom is -0.507 e. The number of benzene rings is 1. The largest absolute Gasteiger partial charge is 0.507 e. The number of nitrogens with zero attached hydrogens (tertiary/aromatic N) is 1. The van der Waals surface area contributed by atoms with E-state index in [1.807, 2.05) is 0 Å². The highest BCUT2D eigenvalue weighted by Crippen LogP contribution is 2.35. The fourth-order valence-corrected chi connectivity index (χ4v) is 1.42. The molecule has 0 aliphatic rings. The zero-order valence-electron chi connectivity index (χ0n) is 9.18. The van der Waals surface area contributed by atoms with Gasteiger partial charge >= 0.3 is 5.97 Å². The number of carboxylic acids is 1. The Morgan fingerprint density at radius 3 is 2.67 bits per heavy atom. The molecule has 0 aliphatic heterocycles. The Labute approximate surface area is 100 Å². The summed E-state index contributed by atoms with van der Waals surface area (Å²) < 4.78 is 23.2. The topological polar surface area (TPSA) is 92.8 Å². The second kappa shape index (κ2) is 4.36. The van der Waals surface area contributed by atoms with Gasteiger partial charge in [0, 0.05) is 18.2 Å². The normalized spacial score (nSPS) is 10.3. The minimum atomic E-state index is -1.31. The van der Waals surface area contributed by atoms with E-state index in [4.69, 9.17) is 9.84 Å². The maximum atomic E-state index is 13.7. The van der Waals surface area contributed by atoms with E-state index < -0.39 is 17.5 Å². The van der Waals surface area contributed by atoms with E-state index in [-0.39, 0.29) is 22.8 Å². The monoisotopic (exact) mass is 253 g/mol. The average molecular weight is 253 g/mol. The molecule has 1 heterocycles. The van der Waals surface area contributed by atoms with Crippen LogP contribution in [0.1, 0.15) is 10.5 Å². The number of ether oxygens (including phenoxy) is 1. The Kier molecular flexibility index (Phi) is 2.88. The fourth-order valence-electron chi connectivity index (χ4n) is 1.42. The van der Waals surface area contributed by atoms with Gasteiger partial charge in [-0.05, 0) is 0 Å².